The van der Waals surface area contributed by atoms with Crippen molar-refractivity contribution < 1.29 is 13.9 Å². The van der Waals surface area contributed by atoms with Crippen LogP contribution in [0.5, 0.6) is 0 Å². The Morgan fingerprint density at radius 2 is 2.09 bits per heavy atom. The van der Waals surface area contributed by atoms with Gasteiger partial charge in [0.1, 0.15) is 22.9 Å². The van der Waals surface area contributed by atoms with Gasteiger partial charge in [-0.3, -0.25) is 0 Å². The van der Waals surface area contributed by atoms with Gasteiger partial charge >= 0.3 is 0 Å². The predicted molar refractivity (Wildman–Crippen MR) is 82.8 cm³/mol. The van der Waals surface area contributed by atoms with Crippen LogP contribution >= 0.6 is 0 Å². The summed E-state index contributed by atoms with van der Waals surface area (Å²) in [7, 11) is 0. The highest BCUT2D eigenvalue weighted by atomic mass is 19.1. The van der Waals surface area contributed by atoms with Crippen LogP contribution in [0.3, 0.4) is 0 Å². The molecule has 1 aromatic carbocycles. The van der Waals surface area contributed by atoms with E-state index in [-0.39, 0.29) is 12.1 Å². The third-order valence-electron chi connectivity index (χ3n) is 3.70. The maximum atomic E-state index is 13.8. The van der Waals surface area contributed by atoms with Crippen molar-refractivity contribution in [2.45, 2.75) is 19.1 Å². The largest absolute Gasteiger partial charge is 0.384 e. The molecule has 0 spiro atoms. The molecule has 0 fully saturated rings. The van der Waals surface area contributed by atoms with Crippen LogP contribution in [0.4, 0.5) is 8.78 Å². The number of halogens is 2. The summed E-state index contributed by atoms with van der Waals surface area (Å²) in [5.41, 5.74) is 0.255. The van der Waals surface area contributed by atoms with E-state index in [1.165, 1.54) is 13.0 Å². The van der Waals surface area contributed by atoms with Crippen molar-refractivity contribution in [2.24, 2.45) is 0 Å². The smallest absolute Gasteiger partial charge is 0.137 e. The molecule has 0 aliphatic rings. The summed E-state index contributed by atoms with van der Waals surface area (Å²) < 4.78 is 28.7. The lowest BCUT2D eigenvalue weighted by Gasteiger charge is -2.24. The maximum Gasteiger partial charge on any atom is 0.137 e. The molecule has 3 aromatic rings. The van der Waals surface area contributed by atoms with Gasteiger partial charge in [-0.2, -0.15) is 0 Å². The van der Waals surface area contributed by atoms with Crippen molar-refractivity contribution in [2.75, 3.05) is 6.54 Å². The fourth-order valence-corrected chi connectivity index (χ4v) is 2.53. The Balaban J connectivity index is 1.66. The molecule has 120 valence electrons. The highest BCUT2D eigenvalue weighted by Gasteiger charge is 2.26. The average molecular weight is 317 g/mol. The van der Waals surface area contributed by atoms with E-state index in [1.807, 2.05) is 35.0 Å². The second kappa shape index (κ2) is 6.06. The molecule has 0 radical (unpaired) electrons. The third-order valence-corrected chi connectivity index (χ3v) is 3.70. The van der Waals surface area contributed by atoms with Gasteiger partial charge in [-0.1, -0.05) is 12.1 Å². The van der Waals surface area contributed by atoms with E-state index < -0.39 is 17.2 Å². The van der Waals surface area contributed by atoms with Crippen LogP contribution < -0.4 is 5.32 Å². The molecule has 2 aromatic heterocycles. The fourth-order valence-electron chi connectivity index (χ4n) is 2.53. The van der Waals surface area contributed by atoms with Gasteiger partial charge in [0.25, 0.3) is 0 Å². The standard InChI is InChI=1S/C17H17F2N3O/c1-17(23,14-6-5-12(18)8-15(14)19)11-20-9-13-10-22-7-3-2-4-16(22)21-13/h2-8,10,20,23H,9,11H2,1H3. The van der Waals surface area contributed by atoms with Crippen LogP contribution in [0.1, 0.15) is 18.2 Å². The number of hydrogen-bond donors (Lipinski definition) is 2. The van der Waals surface area contributed by atoms with Crippen molar-refractivity contribution in [3.05, 3.63) is 71.7 Å². The molecule has 1 atom stereocenters. The van der Waals surface area contributed by atoms with Gasteiger partial charge in [0.2, 0.25) is 0 Å². The number of imidazole rings is 1. The summed E-state index contributed by atoms with van der Waals surface area (Å²) in [6.45, 7) is 2.03. The van der Waals surface area contributed by atoms with E-state index in [0.717, 1.165) is 23.5 Å². The zero-order valence-electron chi connectivity index (χ0n) is 12.6. The Morgan fingerprint density at radius 1 is 1.26 bits per heavy atom. The summed E-state index contributed by atoms with van der Waals surface area (Å²) in [6, 6.07) is 8.88. The number of fused-ring (bicyclic) bond motifs is 1. The molecular formula is C17H17F2N3O. The van der Waals surface area contributed by atoms with Crippen LogP contribution in [0.25, 0.3) is 5.65 Å². The van der Waals surface area contributed by atoms with Crippen molar-refractivity contribution in [1.82, 2.24) is 14.7 Å². The molecule has 1 unspecified atom stereocenters. The molecule has 0 bridgehead atoms. The molecule has 0 aliphatic carbocycles. The van der Waals surface area contributed by atoms with Gasteiger partial charge in [-0.25, -0.2) is 13.8 Å². The number of aliphatic hydroxyl groups is 1. The van der Waals surface area contributed by atoms with Gasteiger partial charge in [-0.15, -0.1) is 0 Å². The van der Waals surface area contributed by atoms with Crippen LogP contribution in [-0.2, 0) is 12.1 Å². The predicted octanol–water partition coefficient (Wildman–Crippen LogP) is 2.61. The van der Waals surface area contributed by atoms with Crippen LogP contribution in [0.2, 0.25) is 0 Å². The van der Waals surface area contributed by atoms with E-state index in [4.69, 9.17) is 0 Å². The monoisotopic (exact) mass is 317 g/mol. The summed E-state index contributed by atoms with van der Waals surface area (Å²) in [4.78, 5) is 4.43. The zero-order chi connectivity index (χ0) is 16.4. The summed E-state index contributed by atoms with van der Waals surface area (Å²) in [5, 5.41) is 13.5. The molecule has 23 heavy (non-hydrogen) atoms. The highest BCUT2D eigenvalue weighted by Crippen LogP contribution is 2.23. The number of pyridine rings is 1. The molecular weight excluding hydrogens is 300 g/mol. The maximum absolute atomic E-state index is 13.8. The first-order chi connectivity index (χ1) is 11.0. The second-order valence-corrected chi connectivity index (χ2v) is 5.70. The third kappa shape index (κ3) is 3.38. The Hall–Kier alpha value is -2.31. The molecule has 4 nitrogen and oxygen atoms in total. The molecule has 0 aliphatic heterocycles. The minimum Gasteiger partial charge on any atom is -0.384 e. The van der Waals surface area contributed by atoms with E-state index in [2.05, 4.69) is 10.3 Å². The Labute approximate surface area is 132 Å². The first kappa shape index (κ1) is 15.6. The van der Waals surface area contributed by atoms with Crippen LogP contribution in [-0.4, -0.2) is 21.0 Å². The Morgan fingerprint density at radius 3 is 2.83 bits per heavy atom. The Kier molecular flexibility index (Phi) is 4.11. The van der Waals surface area contributed by atoms with Gasteiger partial charge < -0.3 is 14.8 Å². The van der Waals surface area contributed by atoms with Crippen LogP contribution in [0, 0.1) is 11.6 Å². The number of nitrogens with zero attached hydrogens (tertiary/aromatic N) is 2. The lowest BCUT2D eigenvalue weighted by atomic mass is 9.95. The van der Waals surface area contributed by atoms with Gasteiger partial charge in [0.15, 0.2) is 0 Å². The minimum atomic E-state index is -1.45. The van der Waals surface area contributed by atoms with E-state index >= 15 is 0 Å². The second-order valence-electron chi connectivity index (χ2n) is 5.70. The molecule has 6 heteroatoms. The Bertz CT molecular complexity index is 797. The van der Waals surface area contributed by atoms with E-state index in [9.17, 15) is 13.9 Å². The van der Waals surface area contributed by atoms with Crippen molar-refractivity contribution >= 4 is 5.65 Å². The lowest BCUT2D eigenvalue weighted by Crippen LogP contribution is -2.36. The fraction of sp³-hybridized carbons (Fsp3) is 0.235. The topological polar surface area (TPSA) is 49.6 Å². The SMILES string of the molecule is CC(O)(CNCc1cn2ccccc2n1)c1ccc(F)cc1F. The first-order valence-electron chi connectivity index (χ1n) is 7.27. The first-order valence-corrected chi connectivity index (χ1v) is 7.27. The summed E-state index contributed by atoms with van der Waals surface area (Å²) in [5.74, 6) is -1.43. The normalized spacial score (nSPS) is 14.1. The number of hydrogen-bond acceptors (Lipinski definition) is 3. The molecule has 3 rings (SSSR count). The van der Waals surface area contributed by atoms with E-state index in [0.29, 0.717) is 6.54 Å². The molecule has 0 amide bonds. The number of nitrogens with one attached hydrogen (secondary N) is 1. The summed E-state index contributed by atoms with van der Waals surface area (Å²) >= 11 is 0. The quantitative estimate of drug-likeness (QED) is 0.760. The van der Waals surface area contributed by atoms with Gasteiger partial charge in [-0.05, 0) is 25.1 Å². The number of rotatable bonds is 5. The van der Waals surface area contributed by atoms with Gasteiger partial charge in [0.05, 0.1) is 5.69 Å². The number of benzene rings is 1. The minimum absolute atomic E-state index is 0.0569. The molecule has 0 saturated carbocycles. The highest BCUT2D eigenvalue weighted by molar-refractivity contribution is 5.39. The van der Waals surface area contributed by atoms with Crippen LogP contribution in [0.15, 0.2) is 48.8 Å². The summed E-state index contributed by atoms with van der Waals surface area (Å²) in [6.07, 6.45) is 3.78. The number of aromatic nitrogens is 2. The molecule has 2 heterocycles. The van der Waals surface area contributed by atoms with Crippen molar-refractivity contribution in [1.29, 1.82) is 0 Å². The van der Waals surface area contributed by atoms with Crippen molar-refractivity contribution in [3.8, 4) is 0 Å². The van der Waals surface area contributed by atoms with Crippen molar-refractivity contribution in [3.63, 3.8) is 0 Å². The zero-order valence-corrected chi connectivity index (χ0v) is 12.6. The van der Waals surface area contributed by atoms with E-state index in [1.54, 1.807) is 0 Å². The van der Waals surface area contributed by atoms with Gasteiger partial charge in [0, 0.05) is 37.1 Å². The molecule has 2 N–H and O–H groups in total. The lowest BCUT2D eigenvalue weighted by molar-refractivity contribution is 0.0527. The average Bonchev–Trinajstić information content (AvgIpc) is 2.89. The molecule has 0 saturated heterocycles.